The number of benzene rings is 1. The van der Waals surface area contributed by atoms with Gasteiger partial charge in [-0.3, -0.25) is 14.5 Å². The summed E-state index contributed by atoms with van der Waals surface area (Å²) in [4.78, 5) is 29.6. The third-order valence-corrected chi connectivity index (χ3v) is 5.09. The minimum atomic E-state index is -0.410. The Labute approximate surface area is 178 Å². The smallest absolute Gasteiger partial charge is 0.319 e. The second-order valence-corrected chi connectivity index (χ2v) is 7.58. The number of nitrogens with one attached hydrogen (secondary N) is 2. The van der Waals surface area contributed by atoms with Crippen molar-refractivity contribution in [1.82, 2.24) is 20.1 Å². The summed E-state index contributed by atoms with van der Waals surface area (Å²) in [6, 6.07) is 6.44. The van der Waals surface area contributed by atoms with Gasteiger partial charge in [-0.05, 0) is 44.5 Å². The number of carbonyl (C=O) groups is 1. The van der Waals surface area contributed by atoms with Gasteiger partial charge in [0, 0.05) is 30.6 Å². The maximum Gasteiger partial charge on any atom is 0.319 e. The zero-order chi connectivity index (χ0) is 22.1. The lowest BCUT2D eigenvalue weighted by atomic mass is 9.99. The Bertz CT molecular complexity index is 1320. The molecule has 2 N–H and O–H groups in total. The minimum Gasteiger partial charge on any atom is -0.455 e. The average Bonchev–Trinajstić information content (AvgIpc) is 3.17. The molecule has 0 radical (unpaired) electrons. The number of hydrogen-bond acceptors (Lipinski definition) is 5. The molecule has 0 unspecified atom stereocenters. The summed E-state index contributed by atoms with van der Waals surface area (Å²) in [7, 11) is 1.81. The Morgan fingerprint density at radius 1 is 1.23 bits per heavy atom. The number of rotatable bonds is 4. The van der Waals surface area contributed by atoms with Gasteiger partial charge in [0.1, 0.15) is 11.3 Å². The highest BCUT2D eigenvalue weighted by Gasteiger charge is 2.20. The third kappa shape index (κ3) is 4.05. The molecule has 31 heavy (non-hydrogen) atoms. The van der Waals surface area contributed by atoms with Gasteiger partial charge in [-0.25, -0.2) is 4.79 Å². The van der Waals surface area contributed by atoms with E-state index in [9.17, 15) is 9.59 Å². The van der Waals surface area contributed by atoms with Crippen LogP contribution in [0.1, 0.15) is 29.7 Å². The molecule has 8 heteroatoms. The van der Waals surface area contributed by atoms with Gasteiger partial charge >= 0.3 is 6.03 Å². The van der Waals surface area contributed by atoms with Crippen LogP contribution >= 0.6 is 0 Å². The van der Waals surface area contributed by atoms with Crippen molar-refractivity contribution < 1.29 is 9.21 Å². The van der Waals surface area contributed by atoms with Gasteiger partial charge < -0.3 is 15.1 Å². The molecule has 3 heterocycles. The second-order valence-electron chi connectivity index (χ2n) is 7.58. The summed E-state index contributed by atoms with van der Waals surface area (Å²) in [5, 5.41) is 10.3. The molecule has 2 amide bonds. The molecule has 0 bridgehead atoms. The van der Waals surface area contributed by atoms with Crippen molar-refractivity contribution >= 4 is 22.7 Å². The molecular formula is C23H23N5O3. The summed E-state index contributed by atoms with van der Waals surface area (Å²) in [5.74, 6) is 0.475. The first kappa shape index (κ1) is 20.3. The Hall–Kier alpha value is -3.94. The van der Waals surface area contributed by atoms with Crippen LogP contribution < -0.4 is 16.1 Å². The van der Waals surface area contributed by atoms with Crippen molar-refractivity contribution in [1.29, 1.82) is 0 Å². The van der Waals surface area contributed by atoms with Crippen LogP contribution in [0.3, 0.4) is 0 Å². The minimum absolute atomic E-state index is 0.0999. The number of amides is 2. The normalized spacial score (nSPS) is 12.0. The Kier molecular flexibility index (Phi) is 5.29. The lowest BCUT2D eigenvalue weighted by Gasteiger charge is -2.18. The summed E-state index contributed by atoms with van der Waals surface area (Å²) >= 11 is 0. The van der Waals surface area contributed by atoms with E-state index in [2.05, 4.69) is 20.7 Å². The lowest BCUT2D eigenvalue weighted by molar-refractivity contribution is 0.249. The number of urea groups is 1. The number of carbonyl (C=O) groups excluding carboxylic acids is 1. The van der Waals surface area contributed by atoms with E-state index in [-0.39, 0.29) is 11.5 Å². The van der Waals surface area contributed by atoms with Crippen LogP contribution in [-0.4, -0.2) is 20.8 Å². The van der Waals surface area contributed by atoms with Crippen LogP contribution in [0.15, 0.2) is 58.3 Å². The molecule has 0 fully saturated rings. The van der Waals surface area contributed by atoms with Crippen molar-refractivity contribution in [3.8, 4) is 11.3 Å². The average molecular weight is 417 g/mol. The van der Waals surface area contributed by atoms with Crippen molar-refractivity contribution in [2.75, 3.05) is 5.32 Å². The van der Waals surface area contributed by atoms with Crippen molar-refractivity contribution in [2.45, 2.75) is 26.8 Å². The molecule has 0 aliphatic heterocycles. The van der Waals surface area contributed by atoms with E-state index < -0.39 is 6.04 Å². The van der Waals surface area contributed by atoms with Crippen LogP contribution in [0.2, 0.25) is 0 Å². The number of nitrogens with zero attached hydrogens (tertiary/aromatic N) is 3. The van der Waals surface area contributed by atoms with Gasteiger partial charge in [0.15, 0.2) is 5.43 Å². The first-order chi connectivity index (χ1) is 14.8. The fraction of sp³-hybridized carbons (Fsp3) is 0.217. The van der Waals surface area contributed by atoms with Crippen molar-refractivity contribution in [2.24, 2.45) is 7.05 Å². The molecule has 1 aromatic carbocycles. The fourth-order valence-electron chi connectivity index (χ4n) is 3.58. The summed E-state index contributed by atoms with van der Waals surface area (Å²) < 4.78 is 7.90. The van der Waals surface area contributed by atoms with Gasteiger partial charge in [0.25, 0.3) is 0 Å². The second kappa shape index (κ2) is 8.06. The van der Waals surface area contributed by atoms with Crippen LogP contribution in [0.5, 0.6) is 0 Å². The number of hydrogen-bond donors (Lipinski definition) is 2. The van der Waals surface area contributed by atoms with Crippen LogP contribution in [0, 0.1) is 13.8 Å². The molecule has 3 aromatic heterocycles. The Balaban J connectivity index is 1.75. The molecule has 1 atom stereocenters. The summed E-state index contributed by atoms with van der Waals surface area (Å²) in [5.41, 5.74) is 3.81. The first-order valence-electron chi connectivity index (χ1n) is 9.88. The summed E-state index contributed by atoms with van der Waals surface area (Å²) in [6.07, 6.45) is 6.66. The molecule has 0 aliphatic carbocycles. The maximum absolute atomic E-state index is 13.1. The molecular weight excluding hydrogens is 394 g/mol. The topological polar surface area (TPSA) is 102 Å². The highest BCUT2D eigenvalue weighted by Crippen LogP contribution is 2.30. The predicted molar refractivity (Wildman–Crippen MR) is 119 cm³/mol. The Morgan fingerprint density at radius 3 is 2.71 bits per heavy atom. The number of anilines is 1. The van der Waals surface area contributed by atoms with E-state index in [0.717, 1.165) is 16.7 Å². The van der Waals surface area contributed by atoms with Gasteiger partial charge in [0.2, 0.25) is 0 Å². The highest BCUT2D eigenvalue weighted by atomic mass is 16.3. The van der Waals surface area contributed by atoms with E-state index in [0.29, 0.717) is 28.0 Å². The molecule has 0 saturated carbocycles. The van der Waals surface area contributed by atoms with E-state index in [4.69, 9.17) is 4.42 Å². The maximum atomic E-state index is 13.1. The monoisotopic (exact) mass is 417 g/mol. The number of fused-ring (bicyclic) bond motifs is 1. The lowest BCUT2D eigenvalue weighted by Crippen LogP contribution is -2.31. The van der Waals surface area contributed by atoms with Crippen LogP contribution in [-0.2, 0) is 7.05 Å². The zero-order valence-electron chi connectivity index (χ0n) is 17.8. The standard InChI is InChI=1S/C23H23N5O3/c1-13-8-18(15(3)26-23(30)27-17-6-5-7-24-11-17)22-19(9-13)20(29)14(2)21(31-22)16-10-25-28(4)12-16/h5-12,15H,1-4H3,(H2,26,27,30)/t15-/m1/s1. The van der Waals surface area contributed by atoms with Crippen molar-refractivity contribution in [3.63, 3.8) is 0 Å². The van der Waals surface area contributed by atoms with E-state index in [1.807, 2.05) is 26.0 Å². The van der Waals surface area contributed by atoms with E-state index >= 15 is 0 Å². The quantitative estimate of drug-likeness (QED) is 0.521. The predicted octanol–water partition coefficient (Wildman–Crippen LogP) is 4.09. The van der Waals surface area contributed by atoms with Crippen LogP contribution in [0.25, 0.3) is 22.3 Å². The fourth-order valence-corrected chi connectivity index (χ4v) is 3.58. The van der Waals surface area contributed by atoms with Gasteiger partial charge in [-0.15, -0.1) is 0 Å². The molecule has 0 saturated heterocycles. The molecule has 0 aliphatic rings. The van der Waals surface area contributed by atoms with E-state index in [1.54, 1.807) is 55.6 Å². The molecule has 4 aromatic rings. The highest BCUT2D eigenvalue weighted by molar-refractivity contribution is 5.90. The van der Waals surface area contributed by atoms with Gasteiger partial charge in [0.05, 0.1) is 35.1 Å². The van der Waals surface area contributed by atoms with Gasteiger partial charge in [-0.1, -0.05) is 6.07 Å². The SMILES string of the molecule is Cc1cc([C@@H](C)NC(=O)Nc2cccnc2)c2oc(-c3cnn(C)c3)c(C)c(=O)c2c1. The third-order valence-electron chi connectivity index (χ3n) is 5.09. The number of pyridine rings is 1. The largest absolute Gasteiger partial charge is 0.455 e. The number of aromatic nitrogens is 3. The zero-order valence-corrected chi connectivity index (χ0v) is 17.8. The van der Waals surface area contributed by atoms with Gasteiger partial charge in [-0.2, -0.15) is 5.10 Å². The number of aryl methyl sites for hydroxylation is 2. The Morgan fingerprint density at radius 2 is 2.03 bits per heavy atom. The summed E-state index contributed by atoms with van der Waals surface area (Å²) in [6.45, 7) is 5.51. The molecule has 8 nitrogen and oxygen atoms in total. The first-order valence-corrected chi connectivity index (χ1v) is 9.88. The van der Waals surface area contributed by atoms with E-state index in [1.165, 1.54) is 0 Å². The molecule has 158 valence electrons. The molecule has 0 spiro atoms. The van der Waals surface area contributed by atoms with Crippen LogP contribution in [0.4, 0.5) is 10.5 Å². The van der Waals surface area contributed by atoms with Crippen molar-refractivity contribution in [3.05, 3.63) is 76.0 Å². The molecule has 4 rings (SSSR count).